The molecule has 1 amide bonds. The Bertz CT molecular complexity index is 907. The summed E-state index contributed by atoms with van der Waals surface area (Å²) in [5, 5.41) is 11.5. The van der Waals surface area contributed by atoms with Gasteiger partial charge in [-0.3, -0.25) is 4.79 Å². The molecule has 0 radical (unpaired) electrons. The Morgan fingerprint density at radius 2 is 1.96 bits per heavy atom. The molecule has 0 bridgehead atoms. The molecule has 3 aromatic rings. The minimum absolute atomic E-state index is 0.125. The number of rotatable bonds is 6. The summed E-state index contributed by atoms with van der Waals surface area (Å²) in [5.41, 5.74) is 2.44. The van der Waals surface area contributed by atoms with E-state index in [1.807, 2.05) is 31.2 Å². The Morgan fingerprint density at radius 1 is 1.19 bits per heavy atom. The number of aromatic nitrogens is 2. The first-order valence-electron chi connectivity index (χ1n) is 8.08. The summed E-state index contributed by atoms with van der Waals surface area (Å²) in [6.45, 7) is 1.89. The van der Waals surface area contributed by atoms with Crippen LogP contribution in [0.4, 0.5) is 5.69 Å². The molecule has 0 aliphatic carbocycles. The average Bonchev–Trinajstić information content (AvgIpc) is 3.11. The molecule has 0 atom stereocenters. The lowest BCUT2D eigenvalue weighted by atomic mass is 10.2. The molecule has 26 heavy (non-hydrogen) atoms. The Balaban J connectivity index is 1.58. The van der Waals surface area contributed by atoms with Gasteiger partial charge in [0.15, 0.2) is 0 Å². The van der Waals surface area contributed by atoms with Crippen LogP contribution >= 0.6 is 11.6 Å². The van der Waals surface area contributed by atoms with Crippen molar-refractivity contribution in [3.05, 3.63) is 58.9 Å². The smallest absolute Gasteiger partial charge is 0.247 e. The summed E-state index contributed by atoms with van der Waals surface area (Å²) in [7, 11) is 1.61. The highest BCUT2D eigenvalue weighted by Crippen LogP contribution is 2.22. The summed E-state index contributed by atoms with van der Waals surface area (Å²) in [5.74, 6) is 1.46. The van der Waals surface area contributed by atoms with Gasteiger partial charge in [-0.05, 0) is 55.0 Å². The molecule has 1 N–H and O–H groups in total. The zero-order valence-electron chi connectivity index (χ0n) is 14.5. The lowest BCUT2D eigenvalue weighted by Gasteiger charge is -2.07. The number of anilines is 1. The van der Waals surface area contributed by atoms with Gasteiger partial charge in [0.2, 0.25) is 17.7 Å². The van der Waals surface area contributed by atoms with E-state index in [1.54, 1.807) is 25.3 Å². The molecule has 1 heterocycles. The predicted molar refractivity (Wildman–Crippen MR) is 99.4 cm³/mol. The molecule has 0 aliphatic heterocycles. The van der Waals surface area contributed by atoms with Crippen LogP contribution in [0, 0.1) is 6.92 Å². The van der Waals surface area contributed by atoms with Gasteiger partial charge in [0.05, 0.1) is 7.11 Å². The van der Waals surface area contributed by atoms with Crippen molar-refractivity contribution in [2.24, 2.45) is 0 Å². The van der Waals surface area contributed by atoms with Gasteiger partial charge >= 0.3 is 0 Å². The highest BCUT2D eigenvalue weighted by Gasteiger charge is 2.11. The van der Waals surface area contributed by atoms with E-state index in [0.717, 1.165) is 22.6 Å². The van der Waals surface area contributed by atoms with Crippen LogP contribution in [0.15, 0.2) is 46.9 Å². The monoisotopic (exact) mass is 371 g/mol. The number of methoxy groups -OCH3 is 1. The second kappa shape index (κ2) is 8.01. The van der Waals surface area contributed by atoms with E-state index in [-0.39, 0.29) is 12.3 Å². The van der Waals surface area contributed by atoms with Crippen LogP contribution in [0.1, 0.15) is 17.9 Å². The van der Waals surface area contributed by atoms with Crippen molar-refractivity contribution in [1.29, 1.82) is 0 Å². The third kappa shape index (κ3) is 4.40. The van der Waals surface area contributed by atoms with Crippen molar-refractivity contribution >= 4 is 23.2 Å². The minimum Gasteiger partial charge on any atom is -0.497 e. The molecule has 134 valence electrons. The van der Waals surface area contributed by atoms with E-state index in [0.29, 0.717) is 23.2 Å². The van der Waals surface area contributed by atoms with Crippen molar-refractivity contribution in [2.45, 2.75) is 19.8 Å². The van der Waals surface area contributed by atoms with Gasteiger partial charge < -0.3 is 14.5 Å². The van der Waals surface area contributed by atoms with Gasteiger partial charge in [-0.2, -0.15) is 0 Å². The number of amides is 1. The molecule has 0 unspecified atom stereocenters. The molecule has 3 rings (SSSR count). The minimum atomic E-state index is -0.125. The van der Waals surface area contributed by atoms with Crippen LogP contribution in [0.2, 0.25) is 5.02 Å². The van der Waals surface area contributed by atoms with E-state index < -0.39 is 0 Å². The standard InChI is InChI=1S/C19H18ClN3O3/c1-12-11-14(20)5-8-16(12)21-17(24)9-10-18-22-23-19(26-18)13-3-6-15(25-2)7-4-13/h3-8,11H,9-10H2,1-2H3,(H,21,24). The van der Waals surface area contributed by atoms with Crippen molar-refractivity contribution in [2.75, 3.05) is 12.4 Å². The second-order valence-electron chi connectivity index (χ2n) is 5.74. The number of nitrogens with one attached hydrogen (secondary N) is 1. The molecule has 0 spiro atoms. The van der Waals surface area contributed by atoms with E-state index >= 15 is 0 Å². The molecular weight excluding hydrogens is 354 g/mol. The molecule has 7 heteroatoms. The fraction of sp³-hybridized carbons (Fsp3) is 0.211. The van der Waals surface area contributed by atoms with Crippen LogP contribution in [-0.2, 0) is 11.2 Å². The van der Waals surface area contributed by atoms with Crippen LogP contribution < -0.4 is 10.1 Å². The van der Waals surface area contributed by atoms with Crippen molar-refractivity contribution in [3.63, 3.8) is 0 Å². The SMILES string of the molecule is COc1ccc(-c2nnc(CCC(=O)Nc3ccc(Cl)cc3C)o2)cc1. The average molecular weight is 372 g/mol. The zero-order valence-corrected chi connectivity index (χ0v) is 15.2. The highest BCUT2D eigenvalue weighted by atomic mass is 35.5. The maximum atomic E-state index is 12.1. The van der Waals surface area contributed by atoms with Crippen molar-refractivity contribution in [3.8, 4) is 17.2 Å². The first kappa shape index (κ1) is 17.9. The van der Waals surface area contributed by atoms with Crippen molar-refractivity contribution < 1.29 is 13.9 Å². The van der Waals surface area contributed by atoms with E-state index in [2.05, 4.69) is 15.5 Å². The van der Waals surface area contributed by atoms with Gasteiger partial charge in [-0.25, -0.2) is 0 Å². The molecular formula is C19H18ClN3O3. The first-order chi connectivity index (χ1) is 12.5. The van der Waals surface area contributed by atoms with Gasteiger partial charge in [-0.15, -0.1) is 10.2 Å². The number of benzene rings is 2. The van der Waals surface area contributed by atoms with E-state index in [1.165, 1.54) is 0 Å². The maximum absolute atomic E-state index is 12.1. The van der Waals surface area contributed by atoms with Crippen molar-refractivity contribution in [1.82, 2.24) is 10.2 Å². The number of ether oxygens (including phenoxy) is 1. The van der Waals surface area contributed by atoms with E-state index in [4.69, 9.17) is 20.8 Å². The van der Waals surface area contributed by atoms with E-state index in [9.17, 15) is 4.79 Å². The molecule has 2 aromatic carbocycles. The molecule has 1 aromatic heterocycles. The summed E-state index contributed by atoms with van der Waals surface area (Å²) in [6.07, 6.45) is 0.605. The number of halogens is 1. The number of hydrogen-bond acceptors (Lipinski definition) is 5. The lowest BCUT2D eigenvalue weighted by molar-refractivity contribution is -0.116. The molecule has 0 saturated heterocycles. The second-order valence-corrected chi connectivity index (χ2v) is 6.17. The number of carbonyl (C=O) groups excluding carboxylic acids is 1. The summed E-state index contributed by atoms with van der Waals surface area (Å²) in [4.78, 5) is 12.1. The lowest BCUT2D eigenvalue weighted by Crippen LogP contribution is -2.13. The van der Waals surface area contributed by atoms with Crippen LogP contribution in [0.25, 0.3) is 11.5 Å². The Labute approximate surface area is 156 Å². The van der Waals surface area contributed by atoms with Crippen LogP contribution in [0.5, 0.6) is 5.75 Å². The van der Waals surface area contributed by atoms with Gasteiger partial charge in [0.1, 0.15) is 5.75 Å². The highest BCUT2D eigenvalue weighted by molar-refractivity contribution is 6.30. The maximum Gasteiger partial charge on any atom is 0.247 e. The normalized spacial score (nSPS) is 10.6. The fourth-order valence-electron chi connectivity index (χ4n) is 2.41. The topological polar surface area (TPSA) is 77.2 Å². The number of nitrogens with zero attached hydrogens (tertiary/aromatic N) is 2. The Morgan fingerprint density at radius 3 is 2.65 bits per heavy atom. The van der Waals surface area contributed by atoms with Gasteiger partial charge in [-0.1, -0.05) is 11.6 Å². The number of hydrogen-bond donors (Lipinski definition) is 1. The number of carbonyl (C=O) groups is 1. The molecule has 0 fully saturated rings. The quantitative estimate of drug-likeness (QED) is 0.699. The Hall–Kier alpha value is -2.86. The number of aryl methyl sites for hydroxylation is 2. The molecule has 0 saturated carbocycles. The third-order valence-corrected chi connectivity index (χ3v) is 4.07. The van der Waals surface area contributed by atoms with Crippen LogP contribution in [0.3, 0.4) is 0 Å². The molecule has 0 aliphatic rings. The third-order valence-electron chi connectivity index (χ3n) is 3.83. The first-order valence-corrected chi connectivity index (χ1v) is 8.46. The van der Waals surface area contributed by atoms with Crippen LogP contribution in [-0.4, -0.2) is 23.2 Å². The summed E-state index contributed by atoms with van der Waals surface area (Å²) < 4.78 is 10.7. The largest absolute Gasteiger partial charge is 0.497 e. The molecule has 6 nitrogen and oxygen atoms in total. The zero-order chi connectivity index (χ0) is 18.5. The van der Waals surface area contributed by atoms with Gasteiger partial charge in [0, 0.05) is 29.1 Å². The predicted octanol–water partition coefficient (Wildman–Crippen LogP) is 4.28. The summed E-state index contributed by atoms with van der Waals surface area (Å²) in [6, 6.07) is 12.6. The summed E-state index contributed by atoms with van der Waals surface area (Å²) >= 11 is 5.92. The van der Waals surface area contributed by atoms with Gasteiger partial charge in [0.25, 0.3) is 0 Å². The fourth-order valence-corrected chi connectivity index (χ4v) is 2.63. The Kier molecular flexibility index (Phi) is 5.53.